The second kappa shape index (κ2) is 4.87. The van der Waals surface area contributed by atoms with Crippen molar-refractivity contribution < 1.29 is 14.8 Å². The van der Waals surface area contributed by atoms with Gasteiger partial charge >= 0.3 is 5.97 Å². The molecule has 19 heavy (non-hydrogen) atoms. The number of anilines is 1. The van der Waals surface area contributed by atoms with Crippen molar-refractivity contribution in [1.29, 1.82) is 0 Å². The fraction of sp³-hybridized carbons (Fsp3) is 0.462. The standard InChI is InChI=1S/C13H16N2O4/c1-8(9-3-4-9)14(2)11-6-5-10(13(16)17)7-12(11)15(18)19/h5-9H,3-4H2,1-2H3,(H,16,17). The molecule has 0 aromatic heterocycles. The number of carboxylic acid groups (broad SMARTS) is 1. The molecular formula is C13H16N2O4. The summed E-state index contributed by atoms with van der Waals surface area (Å²) < 4.78 is 0. The number of carbonyl (C=O) groups is 1. The van der Waals surface area contributed by atoms with Gasteiger partial charge in [-0.3, -0.25) is 10.1 Å². The molecule has 0 bridgehead atoms. The molecule has 1 fully saturated rings. The molecule has 1 atom stereocenters. The quantitative estimate of drug-likeness (QED) is 0.652. The summed E-state index contributed by atoms with van der Waals surface area (Å²) in [6.45, 7) is 2.03. The highest BCUT2D eigenvalue weighted by Gasteiger charge is 2.33. The Morgan fingerprint density at radius 2 is 2.16 bits per heavy atom. The van der Waals surface area contributed by atoms with Gasteiger partial charge in [0.15, 0.2) is 0 Å². The van der Waals surface area contributed by atoms with Gasteiger partial charge in [0.05, 0.1) is 10.5 Å². The summed E-state index contributed by atoms with van der Waals surface area (Å²) in [6, 6.07) is 4.25. The van der Waals surface area contributed by atoms with E-state index in [9.17, 15) is 14.9 Å². The summed E-state index contributed by atoms with van der Waals surface area (Å²) in [7, 11) is 1.81. The molecule has 0 heterocycles. The van der Waals surface area contributed by atoms with Gasteiger partial charge in [0.1, 0.15) is 5.69 Å². The van der Waals surface area contributed by atoms with Crippen LogP contribution in [-0.4, -0.2) is 29.1 Å². The Hall–Kier alpha value is -2.11. The molecule has 1 unspecified atom stereocenters. The van der Waals surface area contributed by atoms with Crippen molar-refractivity contribution in [2.45, 2.75) is 25.8 Å². The molecule has 1 N–H and O–H groups in total. The maximum absolute atomic E-state index is 11.1. The van der Waals surface area contributed by atoms with Crippen molar-refractivity contribution in [2.75, 3.05) is 11.9 Å². The lowest BCUT2D eigenvalue weighted by atomic mass is 10.1. The van der Waals surface area contributed by atoms with Crippen LogP contribution in [-0.2, 0) is 0 Å². The number of benzene rings is 1. The molecule has 1 aromatic carbocycles. The molecule has 0 spiro atoms. The highest BCUT2D eigenvalue weighted by molar-refractivity contribution is 5.89. The van der Waals surface area contributed by atoms with Crippen molar-refractivity contribution in [3.05, 3.63) is 33.9 Å². The number of hydrogen-bond acceptors (Lipinski definition) is 4. The number of aromatic carboxylic acids is 1. The van der Waals surface area contributed by atoms with E-state index in [1.807, 2.05) is 18.9 Å². The van der Waals surface area contributed by atoms with Crippen LogP contribution in [0.2, 0.25) is 0 Å². The highest BCUT2D eigenvalue weighted by atomic mass is 16.6. The van der Waals surface area contributed by atoms with Crippen molar-refractivity contribution in [2.24, 2.45) is 5.92 Å². The minimum Gasteiger partial charge on any atom is -0.478 e. The van der Waals surface area contributed by atoms with Crippen LogP contribution in [0.15, 0.2) is 18.2 Å². The van der Waals surface area contributed by atoms with Crippen LogP contribution in [0, 0.1) is 16.0 Å². The van der Waals surface area contributed by atoms with Gasteiger partial charge < -0.3 is 10.0 Å². The van der Waals surface area contributed by atoms with Crippen molar-refractivity contribution in [1.82, 2.24) is 0 Å². The molecule has 2 rings (SSSR count). The SMILES string of the molecule is CC(C1CC1)N(C)c1ccc(C(=O)O)cc1[N+](=O)[O-]. The molecule has 1 aliphatic carbocycles. The predicted octanol–water partition coefficient (Wildman–Crippen LogP) is 2.53. The van der Waals surface area contributed by atoms with Gasteiger partial charge in [-0.25, -0.2) is 4.79 Å². The van der Waals surface area contributed by atoms with E-state index in [-0.39, 0.29) is 17.3 Å². The van der Waals surface area contributed by atoms with Gasteiger partial charge in [0.25, 0.3) is 5.69 Å². The zero-order chi connectivity index (χ0) is 14.2. The minimum absolute atomic E-state index is 0.0667. The second-order valence-electron chi connectivity index (χ2n) is 4.95. The lowest BCUT2D eigenvalue weighted by Crippen LogP contribution is -2.31. The van der Waals surface area contributed by atoms with Gasteiger partial charge in [-0.15, -0.1) is 0 Å². The molecule has 0 saturated heterocycles. The molecule has 0 amide bonds. The molecule has 102 valence electrons. The van der Waals surface area contributed by atoms with Crippen LogP contribution in [0.3, 0.4) is 0 Å². The molecule has 6 nitrogen and oxygen atoms in total. The van der Waals surface area contributed by atoms with Crippen LogP contribution < -0.4 is 4.90 Å². The number of nitrogens with zero attached hydrogens (tertiary/aromatic N) is 2. The van der Waals surface area contributed by atoms with Crippen LogP contribution in [0.1, 0.15) is 30.1 Å². The smallest absolute Gasteiger partial charge is 0.335 e. The van der Waals surface area contributed by atoms with Gasteiger partial charge in [0.2, 0.25) is 0 Å². The molecule has 6 heteroatoms. The molecule has 0 aliphatic heterocycles. The summed E-state index contributed by atoms with van der Waals surface area (Å²) in [6.07, 6.45) is 2.29. The number of carboxylic acids is 1. The Morgan fingerprint density at radius 3 is 2.63 bits per heavy atom. The zero-order valence-electron chi connectivity index (χ0n) is 10.9. The minimum atomic E-state index is -1.16. The van der Waals surface area contributed by atoms with E-state index in [0.717, 1.165) is 18.9 Å². The topological polar surface area (TPSA) is 83.7 Å². The van der Waals surface area contributed by atoms with Crippen molar-refractivity contribution in [3.63, 3.8) is 0 Å². The summed E-state index contributed by atoms with van der Waals surface area (Å²) >= 11 is 0. The second-order valence-corrected chi connectivity index (χ2v) is 4.95. The largest absolute Gasteiger partial charge is 0.478 e. The van der Waals surface area contributed by atoms with E-state index < -0.39 is 10.9 Å². The predicted molar refractivity (Wildman–Crippen MR) is 70.6 cm³/mol. The van der Waals surface area contributed by atoms with E-state index in [1.54, 1.807) is 0 Å². The van der Waals surface area contributed by atoms with E-state index in [1.165, 1.54) is 12.1 Å². The van der Waals surface area contributed by atoms with Crippen molar-refractivity contribution >= 4 is 17.3 Å². The summed E-state index contributed by atoms with van der Waals surface area (Å²) in [5.74, 6) is -0.587. The maximum Gasteiger partial charge on any atom is 0.335 e. The lowest BCUT2D eigenvalue weighted by Gasteiger charge is -2.26. The molecule has 1 aromatic rings. The third kappa shape index (κ3) is 2.67. The summed E-state index contributed by atoms with van der Waals surface area (Å²) in [4.78, 5) is 23.3. The van der Waals surface area contributed by atoms with Crippen LogP contribution in [0.25, 0.3) is 0 Å². The first-order valence-corrected chi connectivity index (χ1v) is 6.16. The average Bonchev–Trinajstić information content (AvgIpc) is 3.20. The van der Waals surface area contributed by atoms with E-state index in [2.05, 4.69) is 0 Å². The highest BCUT2D eigenvalue weighted by Crippen LogP contribution is 2.38. The van der Waals surface area contributed by atoms with Gasteiger partial charge in [-0.05, 0) is 37.8 Å². The normalized spacial score (nSPS) is 15.9. The average molecular weight is 264 g/mol. The fourth-order valence-corrected chi connectivity index (χ4v) is 2.22. The Balaban J connectivity index is 2.38. The van der Waals surface area contributed by atoms with Gasteiger partial charge in [-0.1, -0.05) is 0 Å². The third-order valence-electron chi connectivity index (χ3n) is 3.71. The molecule has 1 saturated carbocycles. The fourth-order valence-electron chi connectivity index (χ4n) is 2.22. The van der Waals surface area contributed by atoms with Gasteiger partial charge in [0, 0.05) is 19.2 Å². The Bertz CT molecular complexity index is 525. The number of nitro groups is 1. The Kier molecular flexibility index (Phi) is 3.42. The number of nitro benzene ring substituents is 1. The first-order valence-electron chi connectivity index (χ1n) is 6.16. The monoisotopic (exact) mass is 264 g/mol. The molecule has 1 aliphatic rings. The summed E-state index contributed by atoms with van der Waals surface area (Å²) in [5.41, 5.74) is 0.243. The lowest BCUT2D eigenvalue weighted by molar-refractivity contribution is -0.384. The van der Waals surface area contributed by atoms with E-state index >= 15 is 0 Å². The Labute approximate surface area is 110 Å². The van der Waals surface area contributed by atoms with Crippen LogP contribution in [0.5, 0.6) is 0 Å². The van der Waals surface area contributed by atoms with Crippen LogP contribution >= 0.6 is 0 Å². The molecule has 0 radical (unpaired) electrons. The first-order chi connectivity index (χ1) is 8.91. The first kappa shape index (κ1) is 13.3. The Morgan fingerprint density at radius 1 is 1.53 bits per heavy atom. The van der Waals surface area contributed by atoms with E-state index in [4.69, 9.17) is 5.11 Å². The van der Waals surface area contributed by atoms with Gasteiger partial charge in [-0.2, -0.15) is 0 Å². The maximum atomic E-state index is 11.1. The summed E-state index contributed by atoms with van der Waals surface area (Å²) in [5, 5.41) is 20.0. The molecular weight excluding hydrogens is 248 g/mol. The zero-order valence-corrected chi connectivity index (χ0v) is 10.9. The number of hydrogen-bond donors (Lipinski definition) is 1. The number of rotatable bonds is 5. The van der Waals surface area contributed by atoms with Crippen LogP contribution in [0.4, 0.5) is 11.4 Å². The van der Waals surface area contributed by atoms with Crippen molar-refractivity contribution in [3.8, 4) is 0 Å². The third-order valence-corrected chi connectivity index (χ3v) is 3.71. The van der Waals surface area contributed by atoms with E-state index in [0.29, 0.717) is 11.6 Å².